The first-order valence-corrected chi connectivity index (χ1v) is 8.04. The van der Waals surface area contributed by atoms with Gasteiger partial charge in [-0.05, 0) is 31.7 Å². The maximum Gasteiger partial charge on any atom is 0.331 e. The Kier molecular flexibility index (Phi) is 4.37. The van der Waals surface area contributed by atoms with Crippen LogP contribution in [0.5, 0.6) is 0 Å². The lowest BCUT2D eigenvalue weighted by Gasteiger charge is -2.29. The fraction of sp³-hybridized carbons (Fsp3) is 0.500. The van der Waals surface area contributed by atoms with Gasteiger partial charge in [0.2, 0.25) is 0 Å². The largest absolute Gasteiger partial charge is 0.348 e. The van der Waals surface area contributed by atoms with Crippen molar-refractivity contribution in [1.82, 2.24) is 24.2 Å². The summed E-state index contributed by atoms with van der Waals surface area (Å²) in [5, 5.41) is 7.21. The molecule has 2 heterocycles. The van der Waals surface area contributed by atoms with Crippen molar-refractivity contribution >= 4 is 5.91 Å². The van der Waals surface area contributed by atoms with Gasteiger partial charge in [0.1, 0.15) is 5.69 Å². The summed E-state index contributed by atoms with van der Waals surface area (Å²) in [6.45, 7) is 0. The average molecular weight is 331 g/mol. The summed E-state index contributed by atoms with van der Waals surface area (Å²) in [6.07, 6.45) is 7.28. The summed E-state index contributed by atoms with van der Waals surface area (Å²) in [5.74, 6) is -0.380. The molecule has 0 bridgehead atoms. The Labute approximate surface area is 138 Å². The van der Waals surface area contributed by atoms with Crippen molar-refractivity contribution in [3.05, 3.63) is 51.1 Å². The van der Waals surface area contributed by atoms with E-state index >= 15 is 0 Å². The van der Waals surface area contributed by atoms with E-state index in [9.17, 15) is 14.4 Å². The third-order valence-corrected chi connectivity index (χ3v) is 4.69. The van der Waals surface area contributed by atoms with Crippen LogP contribution in [0.1, 0.15) is 42.2 Å². The molecule has 1 fully saturated rings. The smallest absolute Gasteiger partial charge is 0.331 e. The van der Waals surface area contributed by atoms with Gasteiger partial charge in [0.05, 0.1) is 6.04 Å². The number of carbonyl (C=O) groups is 1. The molecule has 1 aliphatic carbocycles. The molecule has 1 aliphatic rings. The zero-order chi connectivity index (χ0) is 17.3. The van der Waals surface area contributed by atoms with Crippen molar-refractivity contribution in [3.63, 3.8) is 0 Å². The molecule has 1 N–H and O–H groups in total. The number of carbonyl (C=O) groups excluding carboxylic acids is 1. The molecule has 8 nitrogen and oxygen atoms in total. The maximum absolute atomic E-state index is 12.4. The molecule has 3 rings (SSSR count). The van der Waals surface area contributed by atoms with Crippen molar-refractivity contribution < 1.29 is 4.79 Å². The van der Waals surface area contributed by atoms with Crippen LogP contribution in [0.3, 0.4) is 0 Å². The number of hydrogen-bond acceptors (Lipinski definition) is 4. The van der Waals surface area contributed by atoms with E-state index in [4.69, 9.17) is 0 Å². The Morgan fingerprint density at radius 1 is 1.17 bits per heavy atom. The summed E-state index contributed by atoms with van der Waals surface area (Å²) < 4.78 is 4.14. The molecule has 1 saturated carbocycles. The molecule has 0 unspecified atom stereocenters. The summed E-state index contributed by atoms with van der Waals surface area (Å²) in [5.41, 5.74) is -0.891. The first-order chi connectivity index (χ1) is 11.5. The van der Waals surface area contributed by atoms with Crippen molar-refractivity contribution in [2.45, 2.75) is 37.8 Å². The molecule has 0 spiro atoms. The second-order valence-corrected chi connectivity index (χ2v) is 6.23. The molecule has 0 aliphatic heterocycles. The molecule has 0 atom stereocenters. The molecule has 8 heteroatoms. The van der Waals surface area contributed by atoms with Crippen LogP contribution in [-0.2, 0) is 14.1 Å². The van der Waals surface area contributed by atoms with Crippen molar-refractivity contribution in [1.29, 1.82) is 0 Å². The molecule has 2 aromatic rings. The summed E-state index contributed by atoms with van der Waals surface area (Å²) >= 11 is 0. The number of amides is 1. The Bertz CT molecular complexity index is 842. The Hall–Kier alpha value is -2.64. The van der Waals surface area contributed by atoms with Crippen LogP contribution in [-0.4, -0.2) is 30.9 Å². The third-order valence-electron chi connectivity index (χ3n) is 4.69. The lowest BCUT2D eigenvalue weighted by atomic mass is 9.91. The van der Waals surface area contributed by atoms with E-state index in [2.05, 4.69) is 10.4 Å². The predicted octanol–water partition coefficient (Wildman–Crippen LogP) is 0.194. The number of aromatic nitrogens is 4. The molecule has 0 saturated heterocycles. The normalized spacial score (nSPS) is 20.8. The highest BCUT2D eigenvalue weighted by molar-refractivity contribution is 5.92. The van der Waals surface area contributed by atoms with Crippen LogP contribution in [0.4, 0.5) is 0 Å². The topological polar surface area (TPSA) is 90.9 Å². The highest BCUT2D eigenvalue weighted by Crippen LogP contribution is 2.27. The van der Waals surface area contributed by atoms with E-state index in [1.165, 1.54) is 24.7 Å². The van der Waals surface area contributed by atoms with Gasteiger partial charge in [0.25, 0.3) is 11.5 Å². The maximum atomic E-state index is 12.4. The number of nitrogens with zero attached hydrogens (tertiary/aromatic N) is 4. The summed E-state index contributed by atoms with van der Waals surface area (Å²) in [6, 6.07) is 3.51. The zero-order valence-electron chi connectivity index (χ0n) is 13.8. The minimum Gasteiger partial charge on any atom is -0.348 e. The van der Waals surface area contributed by atoms with E-state index < -0.39 is 11.2 Å². The fourth-order valence-electron chi connectivity index (χ4n) is 3.19. The van der Waals surface area contributed by atoms with Crippen molar-refractivity contribution in [3.8, 4) is 0 Å². The van der Waals surface area contributed by atoms with Crippen LogP contribution in [0.15, 0.2) is 34.1 Å². The molecule has 1 amide bonds. The van der Waals surface area contributed by atoms with Gasteiger partial charge in [-0.1, -0.05) is 0 Å². The zero-order valence-corrected chi connectivity index (χ0v) is 13.8. The van der Waals surface area contributed by atoms with Gasteiger partial charge in [-0.25, -0.2) is 4.79 Å². The Morgan fingerprint density at radius 2 is 1.88 bits per heavy atom. The van der Waals surface area contributed by atoms with Crippen LogP contribution in [0.2, 0.25) is 0 Å². The van der Waals surface area contributed by atoms with Gasteiger partial charge in [-0.2, -0.15) is 5.10 Å². The van der Waals surface area contributed by atoms with E-state index in [1.54, 1.807) is 6.20 Å². The quantitative estimate of drug-likeness (QED) is 0.869. The first kappa shape index (κ1) is 16.2. The standard InChI is InChI=1S/C16H21N5O3/c1-19-13(10-14(22)20(2)16(19)24)15(23)18-11-4-6-12(7-5-11)21-9-3-8-17-21/h3,8-12H,4-7H2,1-2H3,(H,18,23). The molecular formula is C16H21N5O3. The minimum atomic E-state index is -0.505. The van der Waals surface area contributed by atoms with Crippen LogP contribution in [0.25, 0.3) is 0 Å². The number of rotatable bonds is 3. The Morgan fingerprint density at radius 3 is 2.50 bits per heavy atom. The second-order valence-electron chi connectivity index (χ2n) is 6.23. The van der Waals surface area contributed by atoms with Crippen molar-refractivity contribution in [2.75, 3.05) is 0 Å². The fourth-order valence-corrected chi connectivity index (χ4v) is 3.19. The van der Waals surface area contributed by atoms with Gasteiger partial charge in [-0.3, -0.25) is 23.4 Å². The monoisotopic (exact) mass is 331 g/mol. The van der Waals surface area contributed by atoms with Crippen LogP contribution >= 0.6 is 0 Å². The van der Waals surface area contributed by atoms with Crippen molar-refractivity contribution in [2.24, 2.45) is 14.1 Å². The van der Waals surface area contributed by atoms with Gasteiger partial charge >= 0.3 is 5.69 Å². The molecule has 0 radical (unpaired) electrons. The van der Waals surface area contributed by atoms with E-state index in [0.717, 1.165) is 30.3 Å². The number of hydrogen-bond donors (Lipinski definition) is 1. The lowest BCUT2D eigenvalue weighted by Crippen LogP contribution is -2.44. The highest BCUT2D eigenvalue weighted by Gasteiger charge is 2.25. The second kappa shape index (κ2) is 6.46. The molecular weight excluding hydrogens is 310 g/mol. The summed E-state index contributed by atoms with van der Waals surface area (Å²) in [7, 11) is 2.88. The first-order valence-electron chi connectivity index (χ1n) is 8.04. The van der Waals surface area contributed by atoms with Gasteiger partial charge in [-0.15, -0.1) is 0 Å². The van der Waals surface area contributed by atoms with Gasteiger partial charge in [0, 0.05) is 38.6 Å². The van der Waals surface area contributed by atoms with E-state index in [-0.39, 0.29) is 17.6 Å². The number of nitrogens with one attached hydrogen (secondary N) is 1. The Balaban J connectivity index is 1.67. The predicted molar refractivity (Wildman–Crippen MR) is 87.9 cm³/mol. The van der Waals surface area contributed by atoms with E-state index in [0.29, 0.717) is 6.04 Å². The molecule has 0 aromatic carbocycles. The average Bonchev–Trinajstić information content (AvgIpc) is 3.11. The minimum absolute atomic E-state index is 0.0449. The molecule has 2 aromatic heterocycles. The van der Waals surface area contributed by atoms with E-state index in [1.807, 2.05) is 16.9 Å². The van der Waals surface area contributed by atoms with Gasteiger partial charge < -0.3 is 5.32 Å². The van der Waals surface area contributed by atoms with Crippen LogP contribution < -0.4 is 16.6 Å². The molecule has 24 heavy (non-hydrogen) atoms. The van der Waals surface area contributed by atoms with Crippen LogP contribution in [0, 0.1) is 0 Å². The molecule has 128 valence electrons. The highest BCUT2D eigenvalue weighted by atomic mass is 16.2. The summed E-state index contributed by atoms with van der Waals surface area (Å²) in [4.78, 5) is 36.1. The SMILES string of the molecule is Cn1c(C(=O)NC2CCC(n3cccn3)CC2)cc(=O)n(C)c1=O. The third kappa shape index (κ3) is 3.04. The van der Waals surface area contributed by atoms with Gasteiger partial charge in [0.15, 0.2) is 0 Å². The lowest BCUT2D eigenvalue weighted by molar-refractivity contribution is 0.0911.